The number of nitrogens with one attached hydrogen (secondary N) is 1. The second-order valence-electron chi connectivity index (χ2n) is 7.13. The predicted molar refractivity (Wildman–Crippen MR) is 115 cm³/mol. The van der Waals surface area contributed by atoms with Crippen LogP contribution in [0.25, 0.3) is 21.1 Å². The van der Waals surface area contributed by atoms with E-state index in [9.17, 15) is 4.79 Å². The van der Waals surface area contributed by atoms with Crippen molar-refractivity contribution in [3.05, 3.63) is 54.2 Å². The van der Waals surface area contributed by atoms with Crippen LogP contribution < -0.4 is 9.64 Å². The van der Waals surface area contributed by atoms with Crippen molar-refractivity contribution in [2.75, 3.05) is 25.2 Å². The summed E-state index contributed by atoms with van der Waals surface area (Å²) in [6, 6.07) is 13.6. The molecule has 1 aliphatic heterocycles. The number of aromatic nitrogens is 2. The molecule has 1 fully saturated rings. The standard InChI is InChI=1S/C22H21N3O3S/c1-27-14-8-9-20-19(11-14)24-22(29-20)25(13-15-5-4-10-28-15)21(26)17-12-23-18-7-3-2-6-16(17)18/h2-3,6-9,11-12,15,23H,4-5,10,13H2,1H3. The van der Waals surface area contributed by atoms with Crippen molar-refractivity contribution in [2.45, 2.75) is 18.9 Å². The average molecular weight is 407 g/mol. The molecule has 3 heterocycles. The second-order valence-corrected chi connectivity index (χ2v) is 8.14. The molecule has 29 heavy (non-hydrogen) atoms. The van der Waals surface area contributed by atoms with Gasteiger partial charge in [-0.25, -0.2) is 4.98 Å². The third-order valence-electron chi connectivity index (χ3n) is 5.29. The minimum absolute atomic E-state index is 0.0331. The number of benzene rings is 2. The van der Waals surface area contributed by atoms with Crippen LogP contribution >= 0.6 is 11.3 Å². The maximum Gasteiger partial charge on any atom is 0.262 e. The molecule has 2 aromatic carbocycles. The Morgan fingerprint density at radius 1 is 1.34 bits per heavy atom. The number of hydrogen-bond donors (Lipinski definition) is 1. The van der Waals surface area contributed by atoms with Crippen LogP contribution in [-0.2, 0) is 4.74 Å². The van der Waals surface area contributed by atoms with Gasteiger partial charge in [-0.05, 0) is 31.0 Å². The summed E-state index contributed by atoms with van der Waals surface area (Å²) in [4.78, 5) is 23.3. The van der Waals surface area contributed by atoms with E-state index in [2.05, 4.69) is 4.98 Å². The predicted octanol–water partition coefficient (Wildman–Crippen LogP) is 4.61. The molecule has 5 rings (SSSR count). The van der Waals surface area contributed by atoms with Crippen LogP contribution in [0, 0.1) is 0 Å². The molecule has 0 radical (unpaired) electrons. The number of fused-ring (bicyclic) bond motifs is 2. The number of aromatic amines is 1. The van der Waals surface area contributed by atoms with Crippen molar-refractivity contribution >= 4 is 43.5 Å². The van der Waals surface area contributed by atoms with Gasteiger partial charge < -0.3 is 14.5 Å². The highest BCUT2D eigenvalue weighted by Crippen LogP contribution is 2.33. The van der Waals surface area contributed by atoms with Gasteiger partial charge in [0.2, 0.25) is 0 Å². The Labute approximate surface area is 172 Å². The summed E-state index contributed by atoms with van der Waals surface area (Å²) in [6.07, 6.45) is 3.80. The molecule has 1 amide bonds. The fourth-order valence-corrected chi connectivity index (χ4v) is 4.72. The first kappa shape index (κ1) is 18.1. The molecule has 148 valence electrons. The molecule has 0 aliphatic carbocycles. The lowest BCUT2D eigenvalue weighted by Gasteiger charge is -2.22. The summed E-state index contributed by atoms with van der Waals surface area (Å²) < 4.78 is 12.2. The highest BCUT2D eigenvalue weighted by atomic mass is 32.1. The fraction of sp³-hybridized carbons (Fsp3) is 0.273. The van der Waals surface area contributed by atoms with Crippen LogP contribution in [-0.4, -0.2) is 42.2 Å². The fourth-order valence-electron chi connectivity index (χ4n) is 3.77. The SMILES string of the molecule is COc1ccc2sc(N(CC3CCCO3)C(=O)c3c[nH]c4ccccc34)nc2c1. The Morgan fingerprint density at radius 2 is 2.24 bits per heavy atom. The summed E-state index contributed by atoms with van der Waals surface area (Å²) in [5.74, 6) is 0.687. The minimum Gasteiger partial charge on any atom is -0.497 e. The van der Waals surface area contributed by atoms with Crippen LogP contribution in [0.3, 0.4) is 0 Å². The molecule has 1 N–H and O–H groups in total. The summed E-state index contributed by atoms with van der Waals surface area (Å²) >= 11 is 1.51. The summed E-state index contributed by atoms with van der Waals surface area (Å²) in [5, 5.41) is 1.59. The van der Waals surface area contributed by atoms with E-state index in [1.807, 2.05) is 42.5 Å². The normalized spacial score (nSPS) is 16.5. The number of hydrogen-bond acceptors (Lipinski definition) is 5. The first-order valence-electron chi connectivity index (χ1n) is 9.67. The van der Waals surface area contributed by atoms with Gasteiger partial charge in [-0.3, -0.25) is 9.69 Å². The maximum absolute atomic E-state index is 13.6. The number of methoxy groups -OCH3 is 1. The van der Waals surface area contributed by atoms with E-state index in [1.54, 1.807) is 18.2 Å². The van der Waals surface area contributed by atoms with E-state index < -0.39 is 0 Å². The molecular formula is C22H21N3O3S. The molecule has 7 heteroatoms. The highest BCUT2D eigenvalue weighted by Gasteiger charge is 2.28. The summed E-state index contributed by atoms with van der Waals surface area (Å²) in [5.41, 5.74) is 2.42. The minimum atomic E-state index is -0.0658. The monoisotopic (exact) mass is 407 g/mol. The number of ether oxygens (including phenoxy) is 2. The maximum atomic E-state index is 13.6. The number of para-hydroxylation sites is 1. The molecule has 1 atom stereocenters. The zero-order valence-electron chi connectivity index (χ0n) is 16.1. The number of thiazole rings is 1. The summed E-state index contributed by atoms with van der Waals surface area (Å²) in [6.45, 7) is 1.24. The van der Waals surface area contributed by atoms with Crippen molar-refractivity contribution in [1.29, 1.82) is 0 Å². The lowest BCUT2D eigenvalue weighted by Crippen LogP contribution is -2.37. The largest absolute Gasteiger partial charge is 0.497 e. The van der Waals surface area contributed by atoms with Crippen LogP contribution in [0.15, 0.2) is 48.7 Å². The first-order valence-corrected chi connectivity index (χ1v) is 10.5. The average Bonchev–Trinajstić information content (AvgIpc) is 3.50. The van der Waals surface area contributed by atoms with Gasteiger partial charge in [0.1, 0.15) is 5.75 Å². The van der Waals surface area contributed by atoms with Crippen molar-refractivity contribution in [1.82, 2.24) is 9.97 Å². The summed E-state index contributed by atoms with van der Waals surface area (Å²) in [7, 11) is 1.64. The highest BCUT2D eigenvalue weighted by molar-refractivity contribution is 7.22. The third kappa shape index (κ3) is 3.36. The van der Waals surface area contributed by atoms with Crippen LogP contribution in [0.4, 0.5) is 5.13 Å². The van der Waals surface area contributed by atoms with Crippen molar-refractivity contribution < 1.29 is 14.3 Å². The third-order valence-corrected chi connectivity index (χ3v) is 6.35. The van der Waals surface area contributed by atoms with Crippen LogP contribution in [0.1, 0.15) is 23.2 Å². The van der Waals surface area contributed by atoms with Gasteiger partial charge in [0, 0.05) is 29.8 Å². The van der Waals surface area contributed by atoms with E-state index >= 15 is 0 Å². The zero-order valence-corrected chi connectivity index (χ0v) is 16.9. The van der Waals surface area contributed by atoms with Crippen LogP contribution in [0.5, 0.6) is 5.75 Å². The Bertz CT molecular complexity index is 1180. The van der Waals surface area contributed by atoms with Gasteiger partial charge in [0.15, 0.2) is 5.13 Å². The number of H-pyrrole nitrogens is 1. The first-order chi connectivity index (χ1) is 14.2. The van der Waals surface area contributed by atoms with Crippen molar-refractivity contribution in [2.24, 2.45) is 0 Å². The number of anilines is 1. The molecule has 1 saturated heterocycles. The van der Waals surface area contributed by atoms with E-state index in [4.69, 9.17) is 14.5 Å². The Hall–Kier alpha value is -2.90. The number of amides is 1. The Morgan fingerprint density at radius 3 is 3.07 bits per heavy atom. The molecule has 2 aromatic heterocycles. The molecule has 6 nitrogen and oxygen atoms in total. The Kier molecular flexibility index (Phi) is 4.69. The Balaban J connectivity index is 1.56. The smallest absolute Gasteiger partial charge is 0.262 e. The van der Waals surface area contributed by atoms with E-state index in [0.717, 1.165) is 46.3 Å². The lowest BCUT2D eigenvalue weighted by atomic mass is 10.1. The van der Waals surface area contributed by atoms with Crippen molar-refractivity contribution in [3.63, 3.8) is 0 Å². The number of rotatable bonds is 5. The molecule has 0 spiro atoms. The number of carbonyl (C=O) groups excluding carboxylic acids is 1. The van der Waals surface area contributed by atoms with Crippen molar-refractivity contribution in [3.8, 4) is 5.75 Å². The van der Waals surface area contributed by atoms with Gasteiger partial charge in [-0.1, -0.05) is 29.5 Å². The second kappa shape index (κ2) is 7.50. The molecule has 0 saturated carbocycles. The van der Waals surface area contributed by atoms with E-state index in [1.165, 1.54) is 11.3 Å². The molecule has 4 aromatic rings. The van der Waals surface area contributed by atoms with Gasteiger partial charge >= 0.3 is 0 Å². The van der Waals surface area contributed by atoms with Crippen LogP contribution in [0.2, 0.25) is 0 Å². The topological polar surface area (TPSA) is 67.5 Å². The van der Waals surface area contributed by atoms with Gasteiger partial charge in [0.05, 0.1) is 35.5 Å². The molecule has 1 unspecified atom stereocenters. The number of nitrogens with zero attached hydrogens (tertiary/aromatic N) is 2. The van der Waals surface area contributed by atoms with Gasteiger partial charge in [-0.15, -0.1) is 0 Å². The molecule has 1 aliphatic rings. The quantitative estimate of drug-likeness (QED) is 0.525. The molecular weight excluding hydrogens is 386 g/mol. The molecule has 0 bridgehead atoms. The number of carbonyl (C=O) groups is 1. The van der Waals surface area contributed by atoms with Gasteiger partial charge in [-0.2, -0.15) is 0 Å². The zero-order chi connectivity index (χ0) is 19.8. The lowest BCUT2D eigenvalue weighted by molar-refractivity contribution is 0.0919. The van der Waals surface area contributed by atoms with Gasteiger partial charge in [0.25, 0.3) is 5.91 Å². The van der Waals surface area contributed by atoms with E-state index in [-0.39, 0.29) is 12.0 Å². The van der Waals surface area contributed by atoms with E-state index in [0.29, 0.717) is 17.2 Å².